The number of alkyl halides is 3. The van der Waals surface area contributed by atoms with E-state index < -0.39 is 12.1 Å². The van der Waals surface area contributed by atoms with Gasteiger partial charge in [-0.3, -0.25) is 4.79 Å². The van der Waals surface area contributed by atoms with Gasteiger partial charge in [-0.25, -0.2) is 0 Å². The van der Waals surface area contributed by atoms with Crippen LogP contribution in [-0.4, -0.2) is 42.1 Å². The molecule has 0 radical (unpaired) electrons. The smallest absolute Gasteiger partial charge is 0.361 e. The predicted molar refractivity (Wildman–Crippen MR) is 99.5 cm³/mol. The lowest BCUT2D eigenvalue weighted by Crippen LogP contribution is -2.44. The van der Waals surface area contributed by atoms with E-state index in [2.05, 4.69) is 4.98 Å². The number of fused-ring (bicyclic) bond motifs is 1. The van der Waals surface area contributed by atoms with Crippen LogP contribution in [0, 0.1) is 0 Å². The van der Waals surface area contributed by atoms with Crippen LogP contribution in [-0.2, 0) is 11.3 Å². The maximum absolute atomic E-state index is 13.2. The van der Waals surface area contributed by atoms with E-state index >= 15 is 0 Å². The topological polar surface area (TPSA) is 39.3 Å². The van der Waals surface area contributed by atoms with Crippen LogP contribution in [0.25, 0.3) is 10.9 Å². The standard InChI is InChI=1S/C20H20F3N3O/c1-25(14-15-6-3-2-4-7-15)12-13-26(19(27)20(21,22)23)18-9-5-8-17-16(18)10-11-24-17/h2-11,24H,12-14H2,1H3. The number of aromatic amines is 1. The van der Waals surface area contributed by atoms with Gasteiger partial charge in [-0.1, -0.05) is 36.4 Å². The van der Waals surface area contributed by atoms with Crippen molar-refractivity contribution in [3.63, 3.8) is 0 Å². The quantitative estimate of drug-likeness (QED) is 0.702. The molecule has 0 bridgehead atoms. The Morgan fingerprint density at radius 1 is 1.00 bits per heavy atom. The van der Waals surface area contributed by atoms with Gasteiger partial charge in [-0.2, -0.15) is 13.2 Å². The average Bonchev–Trinajstić information content (AvgIpc) is 3.11. The molecule has 7 heteroatoms. The molecule has 142 valence electrons. The Kier molecular flexibility index (Phi) is 5.51. The highest BCUT2D eigenvalue weighted by Gasteiger charge is 2.43. The SMILES string of the molecule is CN(CCN(C(=O)C(F)(F)F)c1cccc2[nH]ccc12)Cc1ccccc1. The molecule has 0 fully saturated rings. The van der Waals surface area contributed by atoms with Gasteiger partial charge in [0.25, 0.3) is 0 Å². The number of nitrogens with one attached hydrogen (secondary N) is 1. The number of aromatic nitrogens is 1. The van der Waals surface area contributed by atoms with E-state index in [0.717, 1.165) is 10.5 Å². The monoisotopic (exact) mass is 375 g/mol. The van der Waals surface area contributed by atoms with Crippen molar-refractivity contribution in [3.05, 3.63) is 66.4 Å². The summed E-state index contributed by atoms with van der Waals surface area (Å²) in [6, 6.07) is 16.3. The summed E-state index contributed by atoms with van der Waals surface area (Å²) >= 11 is 0. The summed E-state index contributed by atoms with van der Waals surface area (Å²) in [5.41, 5.74) is 2.00. The molecule has 0 atom stereocenters. The summed E-state index contributed by atoms with van der Waals surface area (Å²) < 4.78 is 39.5. The van der Waals surface area contributed by atoms with Crippen molar-refractivity contribution in [2.24, 2.45) is 0 Å². The van der Waals surface area contributed by atoms with Crippen LogP contribution in [0.15, 0.2) is 60.8 Å². The van der Waals surface area contributed by atoms with Gasteiger partial charge < -0.3 is 14.8 Å². The maximum atomic E-state index is 13.2. The van der Waals surface area contributed by atoms with E-state index in [4.69, 9.17) is 0 Å². The summed E-state index contributed by atoms with van der Waals surface area (Å²) in [4.78, 5) is 17.7. The number of amides is 1. The predicted octanol–water partition coefficient (Wildman–Crippen LogP) is 4.20. The lowest BCUT2D eigenvalue weighted by Gasteiger charge is -2.27. The second-order valence-corrected chi connectivity index (χ2v) is 6.39. The number of benzene rings is 2. The minimum Gasteiger partial charge on any atom is -0.361 e. The normalized spacial score (nSPS) is 11.9. The van der Waals surface area contributed by atoms with E-state index in [1.807, 2.05) is 42.3 Å². The molecule has 1 aromatic heterocycles. The number of H-pyrrole nitrogens is 1. The number of likely N-dealkylation sites (N-methyl/N-ethyl adjacent to an activating group) is 1. The molecule has 1 N–H and O–H groups in total. The third-order valence-corrected chi connectivity index (χ3v) is 4.35. The van der Waals surface area contributed by atoms with Crippen LogP contribution in [0.5, 0.6) is 0 Å². The molecule has 0 spiro atoms. The van der Waals surface area contributed by atoms with Crippen LogP contribution in [0.3, 0.4) is 0 Å². The first-order valence-corrected chi connectivity index (χ1v) is 8.53. The number of hydrogen-bond acceptors (Lipinski definition) is 2. The van der Waals surface area contributed by atoms with E-state index in [1.165, 1.54) is 6.07 Å². The second-order valence-electron chi connectivity index (χ2n) is 6.39. The molecule has 0 aliphatic carbocycles. The molecule has 3 aromatic rings. The molecule has 27 heavy (non-hydrogen) atoms. The maximum Gasteiger partial charge on any atom is 0.471 e. The lowest BCUT2D eigenvalue weighted by molar-refractivity contribution is -0.170. The molecule has 1 heterocycles. The number of nitrogens with zero attached hydrogens (tertiary/aromatic N) is 2. The molecule has 0 saturated heterocycles. The lowest BCUT2D eigenvalue weighted by atomic mass is 10.2. The summed E-state index contributed by atoms with van der Waals surface area (Å²) in [6.45, 7) is 0.826. The Morgan fingerprint density at radius 2 is 1.74 bits per heavy atom. The largest absolute Gasteiger partial charge is 0.471 e. The summed E-state index contributed by atoms with van der Waals surface area (Å²) in [5.74, 6) is -1.86. The number of carbonyl (C=O) groups excluding carboxylic acids is 1. The number of carbonyl (C=O) groups is 1. The first kappa shape index (κ1) is 19.0. The van der Waals surface area contributed by atoms with Gasteiger partial charge in [0.1, 0.15) is 0 Å². The molecule has 4 nitrogen and oxygen atoms in total. The Bertz CT molecular complexity index is 905. The Labute approximate surface area is 155 Å². The van der Waals surface area contributed by atoms with Gasteiger partial charge in [0.2, 0.25) is 0 Å². The highest BCUT2D eigenvalue weighted by atomic mass is 19.4. The molecule has 0 aliphatic rings. The zero-order valence-corrected chi connectivity index (χ0v) is 14.8. The van der Waals surface area contributed by atoms with Crippen LogP contribution < -0.4 is 4.90 Å². The van der Waals surface area contributed by atoms with E-state index in [9.17, 15) is 18.0 Å². The molecular weight excluding hydrogens is 355 g/mol. The fraction of sp³-hybridized carbons (Fsp3) is 0.250. The van der Waals surface area contributed by atoms with Crippen molar-refractivity contribution < 1.29 is 18.0 Å². The van der Waals surface area contributed by atoms with Gasteiger partial charge >= 0.3 is 12.1 Å². The number of rotatable bonds is 6. The van der Waals surface area contributed by atoms with E-state index in [0.29, 0.717) is 24.0 Å². The molecule has 0 aliphatic heterocycles. The fourth-order valence-corrected chi connectivity index (χ4v) is 3.03. The number of halogens is 3. The van der Waals surface area contributed by atoms with Crippen LogP contribution in [0.2, 0.25) is 0 Å². The molecule has 0 saturated carbocycles. The fourth-order valence-electron chi connectivity index (χ4n) is 3.03. The van der Waals surface area contributed by atoms with Gasteiger partial charge in [-0.15, -0.1) is 0 Å². The molecule has 0 unspecified atom stereocenters. The van der Waals surface area contributed by atoms with Crippen LogP contribution in [0.4, 0.5) is 18.9 Å². The van der Waals surface area contributed by atoms with Crippen molar-refractivity contribution >= 4 is 22.5 Å². The highest BCUT2D eigenvalue weighted by Crippen LogP contribution is 2.29. The summed E-state index contributed by atoms with van der Waals surface area (Å²) in [6.07, 6.45) is -3.29. The Hall–Kier alpha value is -2.80. The first-order valence-electron chi connectivity index (χ1n) is 8.53. The molecule has 2 aromatic carbocycles. The first-order chi connectivity index (χ1) is 12.9. The van der Waals surface area contributed by atoms with Crippen molar-refractivity contribution in [3.8, 4) is 0 Å². The van der Waals surface area contributed by atoms with Gasteiger partial charge in [0.05, 0.1) is 5.69 Å². The Balaban J connectivity index is 1.81. The Morgan fingerprint density at radius 3 is 2.44 bits per heavy atom. The second kappa shape index (κ2) is 7.84. The zero-order valence-electron chi connectivity index (χ0n) is 14.8. The van der Waals surface area contributed by atoms with Crippen molar-refractivity contribution in [2.75, 3.05) is 25.0 Å². The van der Waals surface area contributed by atoms with E-state index in [1.54, 1.807) is 24.4 Å². The minimum atomic E-state index is -4.93. The number of hydrogen-bond donors (Lipinski definition) is 1. The number of anilines is 1. The molecule has 3 rings (SSSR count). The van der Waals surface area contributed by atoms with Gasteiger partial charge in [0.15, 0.2) is 0 Å². The minimum absolute atomic E-state index is 0.0635. The van der Waals surface area contributed by atoms with Crippen LogP contribution in [0.1, 0.15) is 5.56 Å². The summed E-state index contributed by atoms with van der Waals surface area (Å²) in [5, 5.41) is 0.584. The average molecular weight is 375 g/mol. The van der Waals surface area contributed by atoms with Crippen molar-refractivity contribution in [1.82, 2.24) is 9.88 Å². The molecule has 1 amide bonds. The highest BCUT2D eigenvalue weighted by molar-refractivity contribution is 6.05. The zero-order chi connectivity index (χ0) is 19.4. The third-order valence-electron chi connectivity index (χ3n) is 4.35. The van der Waals surface area contributed by atoms with Crippen LogP contribution >= 0.6 is 0 Å². The molecular formula is C20H20F3N3O. The van der Waals surface area contributed by atoms with Crippen molar-refractivity contribution in [2.45, 2.75) is 12.7 Å². The van der Waals surface area contributed by atoms with E-state index in [-0.39, 0.29) is 12.2 Å². The van der Waals surface area contributed by atoms with Crippen molar-refractivity contribution in [1.29, 1.82) is 0 Å². The summed E-state index contributed by atoms with van der Waals surface area (Å²) in [7, 11) is 1.82. The third kappa shape index (κ3) is 4.49. The van der Waals surface area contributed by atoms with Gasteiger partial charge in [0, 0.05) is 36.7 Å². The van der Waals surface area contributed by atoms with Gasteiger partial charge in [-0.05, 0) is 30.8 Å².